The molecule has 134 valence electrons. The van der Waals surface area contributed by atoms with E-state index in [0.717, 1.165) is 11.3 Å². The van der Waals surface area contributed by atoms with Gasteiger partial charge in [-0.3, -0.25) is 24.5 Å². The fraction of sp³-hybridized carbons (Fsp3) is 0.278. The Bertz CT molecular complexity index is 986. The quantitative estimate of drug-likeness (QED) is 0.643. The molecule has 0 fully saturated rings. The average Bonchev–Trinajstić information content (AvgIpc) is 3.28. The van der Waals surface area contributed by atoms with E-state index in [2.05, 4.69) is 15.3 Å². The zero-order chi connectivity index (χ0) is 18.1. The minimum atomic E-state index is -0.152. The maximum absolute atomic E-state index is 12.8. The molecule has 8 nitrogen and oxygen atoms in total. The standard InChI is InChI=1S/C18H19N5O3/c24-9-8-23-17(25)13-6-7-22(11-16(13)21-23)18(26)15-10-14(19-20-15)12-4-2-1-3-5-12/h1-5,10,21,24H,6-9,11H2,(H,19,20). The van der Waals surface area contributed by atoms with E-state index in [1.807, 2.05) is 30.3 Å². The van der Waals surface area contributed by atoms with Gasteiger partial charge in [-0.2, -0.15) is 5.10 Å². The van der Waals surface area contributed by atoms with Gasteiger partial charge in [0, 0.05) is 17.7 Å². The van der Waals surface area contributed by atoms with Crippen molar-refractivity contribution in [3.05, 3.63) is 63.7 Å². The molecule has 0 aliphatic carbocycles. The van der Waals surface area contributed by atoms with E-state index < -0.39 is 0 Å². The molecule has 0 unspecified atom stereocenters. The van der Waals surface area contributed by atoms with Gasteiger partial charge in [0.25, 0.3) is 11.5 Å². The molecular formula is C18H19N5O3. The fourth-order valence-electron chi connectivity index (χ4n) is 3.27. The van der Waals surface area contributed by atoms with Crippen molar-refractivity contribution in [3.8, 4) is 11.3 Å². The Labute approximate surface area is 149 Å². The molecule has 0 spiro atoms. The number of H-pyrrole nitrogens is 2. The molecule has 1 aromatic carbocycles. The van der Waals surface area contributed by atoms with E-state index >= 15 is 0 Å². The van der Waals surface area contributed by atoms with Gasteiger partial charge < -0.3 is 10.0 Å². The van der Waals surface area contributed by atoms with Crippen molar-refractivity contribution in [2.24, 2.45) is 0 Å². The first kappa shape index (κ1) is 16.3. The fourth-order valence-corrected chi connectivity index (χ4v) is 3.27. The molecule has 1 aliphatic rings. The van der Waals surface area contributed by atoms with Crippen molar-refractivity contribution in [1.29, 1.82) is 0 Å². The summed E-state index contributed by atoms with van der Waals surface area (Å²) in [5.74, 6) is -0.152. The van der Waals surface area contributed by atoms with E-state index in [1.54, 1.807) is 11.0 Å². The summed E-state index contributed by atoms with van der Waals surface area (Å²) in [5, 5.41) is 19.1. The first-order chi connectivity index (χ1) is 12.7. The molecule has 4 rings (SSSR count). The molecule has 2 aromatic heterocycles. The monoisotopic (exact) mass is 353 g/mol. The molecule has 1 aliphatic heterocycles. The lowest BCUT2D eigenvalue weighted by Gasteiger charge is -2.25. The normalized spacial score (nSPS) is 13.7. The largest absolute Gasteiger partial charge is 0.394 e. The Balaban J connectivity index is 1.54. The minimum absolute atomic E-state index is 0.113. The molecule has 3 aromatic rings. The maximum Gasteiger partial charge on any atom is 0.272 e. The number of hydrogen-bond acceptors (Lipinski definition) is 4. The Hall–Kier alpha value is -3.13. The number of amides is 1. The lowest BCUT2D eigenvalue weighted by Crippen LogP contribution is -2.37. The number of carbonyl (C=O) groups is 1. The Morgan fingerprint density at radius 1 is 1.27 bits per heavy atom. The van der Waals surface area contributed by atoms with Gasteiger partial charge in [0.1, 0.15) is 5.69 Å². The van der Waals surface area contributed by atoms with Crippen molar-refractivity contribution in [2.75, 3.05) is 13.2 Å². The SMILES string of the molecule is O=C(c1cc(-c2ccccc2)n[nH]1)N1CCc2c([nH]n(CCO)c2=O)C1. The van der Waals surface area contributed by atoms with Crippen molar-refractivity contribution in [1.82, 2.24) is 24.9 Å². The van der Waals surface area contributed by atoms with Crippen LogP contribution in [-0.4, -0.2) is 49.0 Å². The number of nitrogens with one attached hydrogen (secondary N) is 2. The number of aliphatic hydroxyl groups is 1. The summed E-state index contributed by atoms with van der Waals surface area (Å²) < 4.78 is 1.39. The second kappa shape index (κ2) is 6.64. The van der Waals surface area contributed by atoms with E-state index in [-0.39, 0.29) is 24.6 Å². The molecule has 0 bridgehead atoms. The highest BCUT2D eigenvalue weighted by Crippen LogP contribution is 2.20. The van der Waals surface area contributed by atoms with Crippen LogP contribution < -0.4 is 5.56 Å². The van der Waals surface area contributed by atoms with Crippen LogP contribution in [0.25, 0.3) is 11.3 Å². The van der Waals surface area contributed by atoms with Crippen molar-refractivity contribution in [3.63, 3.8) is 0 Å². The van der Waals surface area contributed by atoms with Crippen LogP contribution in [0.2, 0.25) is 0 Å². The minimum Gasteiger partial charge on any atom is -0.394 e. The number of carbonyl (C=O) groups excluding carboxylic acids is 1. The molecule has 26 heavy (non-hydrogen) atoms. The van der Waals surface area contributed by atoms with Crippen LogP contribution >= 0.6 is 0 Å². The average molecular weight is 353 g/mol. The third kappa shape index (κ3) is 2.84. The zero-order valence-corrected chi connectivity index (χ0v) is 14.1. The third-order valence-corrected chi connectivity index (χ3v) is 4.61. The van der Waals surface area contributed by atoms with E-state index in [0.29, 0.717) is 36.5 Å². The maximum atomic E-state index is 12.8. The zero-order valence-electron chi connectivity index (χ0n) is 14.1. The number of aromatic amines is 2. The first-order valence-electron chi connectivity index (χ1n) is 8.49. The van der Waals surface area contributed by atoms with Crippen molar-refractivity contribution < 1.29 is 9.90 Å². The van der Waals surface area contributed by atoms with Gasteiger partial charge >= 0.3 is 0 Å². The third-order valence-electron chi connectivity index (χ3n) is 4.61. The van der Waals surface area contributed by atoms with Crippen LogP contribution in [0, 0.1) is 0 Å². The molecule has 8 heteroatoms. The second-order valence-electron chi connectivity index (χ2n) is 6.26. The molecule has 3 N–H and O–H groups in total. The predicted molar refractivity (Wildman–Crippen MR) is 94.6 cm³/mol. The molecule has 0 saturated carbocycles. The van der Waals surface area contributed by atoms with E-state index in [4.69, 9.17) is 5.11 Å². The molecule has 0 radical (unpaired) electrons. The molecule has 0 saturated heterocycles. The van der Waals surface area contributed by atoms with Gasteiger partial charge in [-0.05, 0) is 12.5 Å². The predicted octanol–water partition coefficient (Wildman–Crippen LogP) is 0.757. The summed E-state index contributed by atoms with van der Waals surface area (Å²) in [6.07, 6.45) is 0.495. The van der Waals surface area contributed by atoms with Gasteiger partial charge in [0.15, 0.2) is 0 Å². The van der Waals surface area contributed by atoms with Crippen LogP contribution in [0.4, 0.5) is 0 Å². The summed E-state index contributed by atoms with van der Waals surface area (Å²) in [6.45, 7) is 0.915. The van der Waals surface area contributed by atoms with E-state index in [9.17, 15) is 9.59 Å². The number of fused-ring (bicyclic) bond motifs is 1. The van der Waals surface area contributed by atoms with Crippen molar-refractivity contribution in [2.45, 2.75) is 19.5 Å². The summed E-state index contributed by atoms with van der Waals surface area (Å²) in [6, 6.07) is 11.4. The van der Waals surface area contributed by atoms with Gasteiger partial charge in [0.2, 0.25) is 0 Å². The summed E-state index contributed by atoms with van der Waals surface area (Å²) in [7, 11) is 0. The first-order valence-corrected chi connectivity index (χ1v) is 8.49. The Morgan fingerprint density at radius 2 is 2.08 bits per heavy atom. The van der Waals surface area contributed by atoms with Crippen LogP contribution in [-0.2, 0) is 19.5 Å². The molecule has 3 heterocycles. The van der Waals surface area contributed by atoms with Gasteiger partial charge in [-0.15, -0.1) is 0 Å². The topological polar surface area (TPSA) is 107 Å². The smallest absolute Gasteiger partial charge is 0.272 e. The van der Waals surface area contributed by atoms with E-state index in [1.165, 1.54) is 4.68 Å². The molecule has 1 amide bonds. The van der Waals surface area contributed by atoms with Crippen LogP contribution in [0.1, 0.15) is 21.7 Å². The van der Waals surface area contributed by atoms with Gasteiger partial charge in [-0.25, -0.2) is 0 Å². The second-order valence-corrected chi connectivity index (χ2v) is 6.26. The highest BCUT2D eigenvalue weighted by Gasteiger charge is 2.27. The number of nitrogens with zero attached hydrogens (tertiary/aromatic N) is 3. The lowest BCUT2D eigenvalue weighted by molar-refractivity contribution is 0.0726. The summed E-state index contributed by atoms with van der Waals surface area (Å²) >= 11 is 0. The highest BCUT2D eigenvalue weighted by molar-refractivity contribution is 5.93. The number of rotatable bonds is 4. The number of hydrogen-bond donors (Lipinski definition) is 3. The van der Waals surface area contributed by atoms with Crippen LogP contribution in [0.5, 0.6) is 0 Å². The number of aliphatic hydroxyl groups excluding tert-OH is 1. The van der Waals surface area contributed by atoms with Crippen LogP contribution in [0.3, 0.4) is 0 Å². The highest BCUT2D eigenvalue weighted by atomic mass is 16.3. The Kier molecular flexibility index (Phi) is 4.18. The van der Waals surface area contributed by atoms with Crippen molar-refractivity contribution >= 4 is 5.91 Å². The van der Waals surface area contributed by atoms with Gasteiger partial charge in [0.05, 0.1) is 31.1 Å². The van der Waals surface area contributed by atoms with Gasteiger partial charge in [-0.1, -0.05) is 30.3 Å². The summed E-state index contributed by atoms with van der Waals surface area (Å²) in [4.78, 5) is 26.7. The molecular weight excluding hydrogens is 334 g/mol. The summed E-state index contributed by atoms with van der Waals surface area (Å²) in [5.41, 5.74) is 3.38. The Morgan fingerprint density at radius 3 is 2.85 bits per heavy atom. The lowest BCUT2D eigenvalue weighted by atomic mass is 10.1. The number of benzene rings is 1. The van der Waals surface area contributed by atoms with Crippen LogP contribution in [0.15, 0.2) is 41.2 Å². The number of aromatic nitrogens is 4. The molecule has 0 atom stereocenters.